The Morgan fingerprint density at radius 2 is 1.16 bits per heavy atom. The van der Waals surface area contributed by atoms with Gasteiger partial charge in [0.15, 0.2) is 5.82 Å². The van der Waals surface area contributed by atoms with Crippen LogP contribution in [0.3, 0.4) is 0 Å². The van der Waals surface area contributed by atoms with Gasteiger partial charge in [-0.1, -0.05) is 24.3 Å². The molecule has 4 aromatic heterocycles. The van der Waals surface area contributed by atoms with Crippen LogP contribution in [0.4, 0.5) is 11.6 Å². The highest BCUT2D eigenvalue weighted by atomic mass is 16.4. The molecule has 0 fully saturated rings. The number of benzene rings is 2. The van der Waals surface area contributed by atoms with Gasteiger partial charge in [-0.15, -0.1) is 0 Å². The van der Waals surface area contributed by atoms with E-state index in [0.29, 0.717) is 18.2 Å². The van der Waals surface area contributed by atoms with E-state index in [1.54, 1.807) is 82.8 Å². The third-order valence-electron chi connectivity index (χ3n) is 6.01. The summed E-state index contributed by atoms with van der Waals surface area (Å²) in [6.45, 7) is 1.33. The Morgan fingerprint density at radius 3 is 1.62 bits per heavy atom. The van der Waals surface area contributed by atoms with Crippen LogP contribution in [0.1, 0.15) is 31.8 Å². The Kier molecular flexibility index (Phi) is 10.9. The zero-order valence-corrected chi connectivity index (χ0v) is 23.9. The maximum absolute atomic E-state index is 12.1. The third kappa shape index (κ3) is 9.78. The lowest BCUT2D eigenvalue weighted by Gasteiger charge is -2.04. The minimum Gasteiger partial charge on any atom is -0.507 e. The van der Waals surface area contributed by atoms with Gasteiger partial charge in [0, 0.05) is 43.2 Å². The number of nitrogen functional groups attached to an aromatic ring is 1. The highest BCUT2D eigenvalue weighted by molar-refractivity contribution is 6.05. The average Bonchev–Trinajstić information content (AvgIpc) is 3.66. The number of carbonyl (C=O) groups is 2. The summed E-state index contributed by atoms with van der Waals surface area (Å²) in [4.78, 5) is 30.2. The lowest BCUT2D eigenvalue weighted by atomic mass is 10.2. The van der Waals surface area contributed by atoms with Crippen molar-refractivity contribution in [2.75, 3.05) is 11.1 Å². The SMILES string of the molecule is Nc1ccn(Cc2ccncc2)n1.O=C(Nc1ccn(Cc2ccncc2)n1)c1ccccc1O.O=C(O)c1ccccc1O. The molecule has 0 radical (unpaired) electrons. The van der Waals surface area contributed by atoms with Crippen LogP contribution < -0.4 is 11.1 Å². The minimum absolute atomic E-state index is 0.0591. The number of nitrogens with one attached hydrogen (secondary N) is 1. The number of carboxylic acids is 1. The summed E-state index contributed by atoms with van der Waals surface area (Å²) in [5.74, 6) is -0.784. The topological polar surface area (TPSA) is 194 Å². The highest BCUT2D eigenvalue weighted by Crippen LogP contribution is 2.17. The molecule has 0 saturated carbocycles. The van der Waals surface area contributed by atoms with Crippen LogP contribution in [-0.4, -0.2) is 56.7 Å². The third-order valence-corrected chi connectivity index (χ3v) is 6.01. The van der Waals surface area contributed by atoms with Crippen molar-refractivity contribution >= 4 is 23.5 Å². The second kappa shape index (κ2) is 15.7. The van der Waals surface area contributed by atoms with Crippen LogP contribution >= 0.6 is 0 Å². The van der Waals surface area contributed by atoms with E-state index in [2.05, 4.69) is 25.5 Å². The van der Waals surface area contributed by atoms with Crippen LogP contribution in [0.15, 0.2) is 122 Å². The van der Waals surface area contributed by atoms with Crippen molar-refractivity contribution in [1.29, 1.82) is 0 Å². The fraction of sp³-hybridized carbons (Fsp3) is 0.0625. The molecule has 228 valence electrons. The molecule has 0 aliphatic heterocycles. The van der Waals surface area contributed by atoms with Gasteiger partial charge in [-0.05, 0) is 65.7 Å². The number of pyridine rings is 2. The molecule has 1 amide bonds. The molecule has 2 aromatic carbocycles. The molecule has 0 spiro atoms. The molecular formula is C32H30N8O5. The number of aromatic nitrogens is 6. The quantitative estimate of drug-likeness (QED) is 0.175. The number of nitrogens with two attached hydrogens (primary N) is 1. The molecule has 6 aromatic rings. The lowest BCUT2D eigenvalue weighted by molar-refractivity contribution is 0.0693. The van der Waals surface area contributed by atoms with E-state index < -0.39 is 11.9 Å². The van der Waals surface area contributed by atoms with Gasteiger partial charge in [-0.2, -0.15) is 10.2 Å². The smallest absolute Gasteiger partial charge is 0.339 e. The van der Waals surface area contributed by atoms with Crippen molar-refractivity contribution in [3.8, 4) is 11.5 Å². The first-order valence-electron chi connectivity index (χ1n) is 13.5. The van der Waals surface area contributed by atoms with Gasteiger partial charge in [0.05, 0.1) is 18.7 Å². The number of carboxylic acid groups (broad SMARTS) is 1. The summed E-state index contributed by atoms with van der Waals surface area (Å²) < 4.78 is 3.51. The number of aromatic carboxylic acids is 1. The molecule has 6 N–H and O–H groups in total. The zero-order chi connectivity index (χ0) is 32.0. The molecule has 0 saturated heterocycles. The van der Waals surface area contributed by atoms with Crippen molar-refractivity contribution in [2.24, 2.45) is 0 Å². The van der Waals surface area contributed by atoms with E-state index >= 15 is 0 Å². The van der Waals surface area contributed by atoms with E-state index in [-0.39, 0.29) is 22.6 Å². The number of amides is 1. The number of hydrogen-bond acceptors (Lipinski definition) is 9. The van der Waals surface area contributed by atoms with E-state index in [1.807, 2.05) is 30.5 Å². The lowest BCUT2D eigenvalue weighted by Crippen LogP contribution is -2.13. The predicted molar refractivity (Wildman–Crippen MR) is 167 cm³/mol. The number of phenolic OH excluding ortho intramolecular Hbond substituents is 1. The second-order valence-electron chi connectivity index (χ2n) is 9.34. The molecular weight excluding hydrogens is 576 g/mol. The maximum atomic E-state index is 12.1. The number of carbonyl (C=O) groups excluding carboxylic acids is 1. The van der Waals surface area contributed by atoms with Crippen molar-refractivity contribution < 1.29 is 24.9 Å². The Morgan fingerprint density at radius 1 is 0.667 bits per heavy atom. The number of rotatable bonds is 7. The fourth-order valence-corrected chi connectivity index (χ4v) is 3.84. The minimum atomic E-state index is -1.11. The number of aromatic hydroxyl groups is 2. The van der Waals surface area contributed by atoms with Gasteiger partial charge in [-0.25, -0.2) is 4.79 Å². The number of hydrogen-bond donors (Lipinski definition) is 5. The molecule has 0 aliphatic carbocycles. The molecule has 13 nitrogen and oxygen atoms in total. The van der Waals surface area contributed by atoms with Crippen LogP contribution in [0, 0.1) is 0 Å². The van der Waals surface area contributed by atoms with E-state index in [0.717, 1.165) is 17.7 Å². The predicted octanol–water partition coefficient (Wildman–Crippen LogP) is 4.28. The summed E-state index contributed by atoms with van der Waals surface area (Å²) in [6, 6.07) is 23.4. The molecule has 45 heavy (non-hydrogen) atoms. The van der Waals surface area contributed by atoms with Gasteiger partial charge in [0.1, 0.15) is 22.9 Å². The van der Waals surface area contributed by atoms with Crippen molar-refractivity contribution in [1.82, 2.24) is 29.5 Å². The summed E-state index contributed by atoms with van der Waals surface area (Å²) in [5, 5.41) is 38.0. The van der Waals surface area contributed by atoms with Crippen LogP contribution in [0.2, 0.25) is 0 Å². The molecule has 0 atom stereocenters. The molecule has 13 heteroatoms. The number of nitrogens with zero attached hydrogens (tertiary/aromatic N) is 6. The molecule has 0 aliphatic rings. The van der Waals surface area contributed by atoms with E-state index in [4.69, 9.17) is 15.9 Å². The number of para-hydroxylation sites is 2. The van der Waals surface area contributed by atoms with Gasteiger partial charge in [0.25, 0.3) is 5.91 Å². The van der Waals surface area contributed by atoms with Gasteiger partial charge >= 0.3 is 5.97 Å². The Labute approximate surface area is 257 Å². The molecule has 0 bridgehead atoms. The second-order valence-corrected chi connectivity index (χ2v) is 9.34. The molecule has 6 rings (SSSR count). The first kappa shape index (κ1) is 31.4. The first-order valence-corrected chi connectivity index (χ1v) is 13.5. The van der Waals surface area contributed by atoms with Crippen LogP contribution in [0.5, 0.6) is 11.5 Å². The monoisotopic (exact) mass is 606 g/mol. The van der Waals surface area contributed by atoms with Crippen LogP contribution in [0.25, 0.3) is 0 Å². The summed E-state index contributed by atoms with van der Waals surface area (Å²) in [7, 11) is 0. The Hall–Kier alpha value is -6.50. The van der Waals surface area contributed by atoms with Gasteiger partial charge in [0.2, 0.25) is 0 Å². The average molecular weight is 607 g/mol. The zero-order valence-electron chi connectivity index (χ0n) is 23.9. The number of phenols is 2. The summed E-state index contributed by atoms with van der Waals surface area (Å²) in [6.07, 6.45) is 10.6. The van der Waals surface area contributed by atoms with E-state index in [1.165, 1.54) is 18.2 Å². The first-order chi connectivity index (χ1) is 21.8. The normalized spacial score (nSPS) is 10.0. The van der Waals surface area contributed by atoms with Gasteiger partial charge < -0.3 is 26.4 Å². The highest BCUT2D eigenvalue weighted by Gasteiger charge is 2.12. The Bertz CT molecular complexity index is 1820. The maximum Gasteiger partial charge on any atom is 0.339 e. The summed E-state index contributed by atoms with van der Waals surface area (Å²) >= 11 is 0. The summed E-state index contributed by atoms with van der Waals surface area (Å²) in [5.41, 5.74) is 7.87. The van der Waals surface area contributed by atoms with Crippen LogP contribution in [-0.2, 0) is 13.1 Å². The number of anilines is 2. The van der Waals surface area contributed by atoms with E-state index in [9.17, 15) is 14.7 Å². The Balaban J connectivity index is 0.000000170. The fourth-order valence-electron chi connectivity index (χ4n) is 3.84. The van der Waals surface area contributed by atoms with Crippen molar-refractivity contribution in [3.05, 3.63) is 144 Å². The van der Waals surface area contributed by atoms with Crippen molar-refractivity contribution in [3.63, 3.8) is 0 Å². The van der Waals surface area contributed by atoms with Gasteiger partial charge in [-0.3, -0.25) is 24.1 Å². The molecule has 0 unspecified atom stereocenters. The standard InChI is InChI=1S/C16H14N4O2.C9H10N4.C7H6O3/c21-14-4-2-1-3-13(14)16(22)18-15-7-10-20(19-15)11-12-5-8-17-9-6-12;10-9-3-6-13(12-9)7-8-1-4-11-5-2-8;8-6-4-2-1-3-5(6)7(9)10/h1-10,21H,11H2,(H,18,19,22);1-6H,7H2,(H2,10,12);1-4,8H,(H,9,10). The molecule has 4 heterocycles. The van der Waals surface area contributed by atoms with Crippen molar-refractivity contribution in [2.45, 2.75) is 13.1 Å². The largest absolute Gasteiger partial charge is 0.507 e.